The van der Waals surface area contributed by atoms with Crippen molar-refractivity contribution in [2.75, 3.05) is 0 Å². The summed E-state index contributed by atoms with van der Waals surface area (Å²) >= 11 is 8.63. The maximum atomic E-state index is 13.6. The normalized spacial score (nSPS) is 10.6. The van der Waals surface area contributed by atoms with Gasteiger partial charge in [0.1, 0.15) is 5.82 Å². The predicted molar refractivity (Wildman–Crippen MR) is 69.5 cm³/mol. The van der Waals surface area contributed by atoms with Gasteiger partial charge >= 0.3 is 5.69 Å². The van der Waals surface area contributed by atoms with Crippen LogP contribution in [0.15, 0.2) is 38.5 Å². The summed E-state index contributed by atoms with van der Waals surface area (Å²) in [5.41, 5.74) is -0.907. The van der Waals surface area contributed by atoms with Crippen LogP contribution in [-0.2, 0) is 6.54 Å². The van der Waals surface area contributed by atoms with Crippen molar-refractivity contribution in [3.63, 3.8) is 0 Å². The van der Waals surface area contributed by atoms with Crippen molar-refractivity contribution >= 4 is 27.5 Å². The monoisotopic (exact) mass is 332 g/mol. The highest BCUT2D eigenvalue weighted by molar-refractivity contribution is 9.10. The van der Waals surface area contributed by atoms with Crippen LogP contribution in [0.1, 0.15) is 5.56 Å². The molecule has 2 rings (SSSR count). The summed E-state index contributed by atoms with van der Waals surface area (Å²) in [6.07, 6.45) is 1.25. The lowest BCUT2D eigenvalue weighted by molar-refractivity contribution is 0.588. The molecule has 94 valence electrons. The summed E-state index contributed by atoms with van der Waals surface area (Å²) < 4.78 is 14.7. The first-order chi connectivity index (χ1) is 8.49. The molecule has 0 aliphatic carbocycles. The molecule has 0 spiro atoms. The van der Waals surface area contributed by atoms with E-state index in [2.05, 4.69) is 20.9 Å². The van der Waals surface area contributed by atoms with Gasteiger partial charge in [0.05, 0.1) is 11.0 Å². The Hall–Kier alpha value is -1.40. The number of rotatable bonds is 2. The number of benzene rings is 1. The number of hydrogen-bond donors (Lipinski definition) is 1. The fourth-order valence-electron chi connectivity index (χ4n) is 1.45. The molecule has 1 aromatic carbocycles. The summed E-state index contributed by atoms with van der Waals surface area (Å²) in [7, 11) is 0. The molecule has 0 bridgehead atoms. The highest BCUT2D eigenvalue weighted by Crippen LogP contribution is 2.14. The standard InChI is InChI=1S/C11H7BrClFN2O2/c12-8-4-15-11(18)16(10(8)17)5-6-1-2-7(13)3-9(6)14/h1-4H,5H2,(H,15,18). The van der Waals surface area contributed by atoms with Crippen molar-refractivity contribution in [2.24, 2.45) is 0 Å². The van der Waals surface area contributed by atoms with E-state index in [1.807, 2.05) is 0 Å². The Morgan fingerprint density at radius 1 is 1.39 bits per heavy atom. The fraction of sp³-hybridized carbons (Fsp3) is 0.0909. The van der Waals surface area contributed by atoms with Crippen molar-refractivity contribution < 1.29 is 4.39 Å². The molecule has 0 unspecified atom stereocenters. The van der Waals surface area contributed by atoms with E-state index in [0.29, 0.717) is 0 Å². The summed E-state index contributed by atoms with van der Waals surface area (Å²) in [5, 5.41) is 0.256. The number of H-pyrrole nitrogens is 1. The van der Waals surface area contributed by atoms with Gasteiger partial charge in [-0.05, 0) is 28.1 Å². The van der Waals surface area contributed by atoms with Crippen LogP contribution in [0, 0.1) is 5.82 Å². The van der Waals surface area contributed by atoms with Crippen molar-refractivity contribution in [1.29, 1.82) is 0 Å². The molecule has 0 saturated heterocycles. The van der Waals surface area contributed by atoms with Crippen LogP contribution in [0.3, 0.4) is 0 Å². The van der Waals surface area contributed by atoms with Crippen LogP contribution in [0.25, 0.3) is 0 Å². The van der Waals surface area contributed by atoms with E-state index >= 15 is 0 Å². The number of hydrogen-bond acceptors (Lipinski definition) is 2. The molecule has 0 atom stereocenters. The van der Waals surface area contributed by atoms with E-state index in [1.54, 1.807) is 0 Å². The molecule has 7 heteroatoms. The molecule has 0 radical (unpaired) electrons. The molecular weight excluding hydrogens is 326 g/mol. The minimum Gasteiger partial charge on any atom is -0.313 e. The number of nitrogens with zero attached hydrogens (tertiary/aromatic N) is 1. The lowest BCUT2D eigenvalue weighted by Gasteiger charge is -2.06. The van der Waals surface area contributed by atoms with Crippen LogP contribution < -0.4 is 11.2 Å². The maximum absolute atomic E-state index is 13.6. The van der Waals surface area contributed by atoms with E-state index in [-0.39, 0.29) is 21.6 Å². The molecule has 0 fully saturated rings. The maximum Gasteiger partial charge on any atom is 0.328 e. The van der Waals surface area contributed by atoms with E-state index in [9.17, 15) is 14.0 Å². The Morgan fingerprint density at radius 3 is 2.78 bits per heavy atom. The number of nitrogens with one attached hydrogen (secondary N) is 1. The van der Waals surface area contributed by atoms with E-state index in [1.165, 1.54) is 18.3 Å². The van der Waals surface area contributed by atoms with Crippen LogP contribution in [0.5, 0.6) is 0 Å². The molecule has 1 N–H and O–H groups in total. The van der Waals surface area contributed by atoms with Gasteiger partial charge in [-0.25, -0.2) is 9.18 Å². The van der Waals surface area contributed by atoms with E-state index in [0.717, 1.165) is 10.6 Å². The zero-order chi connectivity index (χ0) is 13.3. The minimum atomic E-state index is -0.599. The Bertz CT molecular complexity index is 711. The Labute approximate surface area is 114 Å². The second-order valence-electron chi connectivity index (χ2n) is 3.57. The summed E-state index contributed by atoms with van der Waals surface area (Å²) in [5.74, 6) is -0.561. The predicted octanol–water partition coefficient (Wildman–Crippen LogP) is 2.14. The Balaban J connectivity index is 2.50. The molecule has 1 heterocycles. The third-order valence-electron chi connectivity index (χ3n) is 2.36. The van der Waals surface area contributed by atoms with Gasteiger partial charge in [0.25, 0.3) is 5.56 Å². The van der Waals surface area contributed by atoms with Crippen molar-refractivity contribution in [2.45, 2.75) is 6.54 Å². The number of aromatic amines is 1. The summed E-state index contributed by atoms with van der Waals surface area (Å²) in [4.78, 5) is 25.6. The third-order valence-corrected chi connectivity index (χ3v) is 3.16. The average Bonchev–Trinajstić information content (AvgIpc) is 2.32. The van der Waals surface area contributed by atoms with Crippen molar-refractivity contribution in [1.82, 2.24) is 9.55 Å². The lowest BCUT2D eigenvalue weighted by atomic mass is 10.2. The zero-order valence-electron chi connectivity index (χ0n) is 8.91. The second-order valence-corrected chi connectivity index (χ2v) is 4.86. The Morgan fingerprint density at radius 2 is 2.11 bits per heavy atom. The Kier molecular flexibility index (Phi) is 3.68. The highest BCUT2D eigenvalue weighted by Gasteiger charge is 2.09. The largest absolute Gasteiger partial charge is 0.328 e. The number of halogens is 3. The quantitative estimate of drug-likeness (QED) is 0.915. The van der Waals surface area contributed by atoms with Crippen molar-refractivity contribution in [3.8, 4) is 0 Å². The van der Waals surface area contributed by atoms with Crippen LogP contribution in [-0.4, -0.2) is 9.55 Å². The van der Waals surface area contributed by atoms with Crippen LogP contribution >= 0.6 is 27.5 Å². The van der Waals surface area contributed by atoms with Gasteiger partial charge in [-0.15, -0.1) is 0 Å². The second kappa shape index (κ2) is 5.07. The molecule has 4 nitrogen and oxygen atoms in total. The molecule has 2 aromatic rings. The van der Waals surface area contributed by atoms with Crippen LogP contribution in [0.4, 0.5) is 4.39 Å². The highest BCUT2D eigenvalue weighted by atomic mass is 79.9. The van der Waals surface area contributed by atoms with Gasteiger partial charge in [-0.2, -0.15) is 0 Å². The smallest absolute Gasteiger partial charge is 0.313 e. The van der Waals surface area contributed by atoms with Gasteiger partial charge < -0.3 is 4.98 Å². The van der Waals surface area contributed by atoms with Crippen molar-refractivity contribution in [3.05, 3.63) is 66.1 Å². The molecular formula is C11H7BrClFN2O2. The molecule has 0 aliphatic rings. The van der Waals surface area contributed by atoms with E-state index < -0.39 is 17.1 Å². The molecule has 0 saturated carbocycles. The lowest BCUT2D eigenvalue weighted by Crippen LogP contribution is -2.35. The topological polar surface area (TPSA) is 54.9 Å². The molecule has 0 aliphatic heterocycles. The first-order valence-corrected chi connectivity index (χ1v) is 6.08. The first-order valence-electron chi connectivity index (χ1n) is 4.91. The van der Waals surface area contributed by atoms with Gasteiger partial charge in [0.15, 0.2) is 0 Å². The number of aromatic nitrogens is 2. The summed E-state index contributed by atoms with van der Waals surface area (Å²) in [6, 6.07) is 4.07. The van der Waals surface area contributed by atoms with Gasteiger partial charge in [0.2, 0.25) is 0 Å². The minimum absolute atomic E-state index is 0.156. The molecule has 0 amide bonds. The zero-order valence-corrected chi connectivity index (χ0v) is 11.3. The SMILES string of the molecule is O=c1[nH]cc(Br)c(=O)n1Cc1ccc(Cl)cc1F. The van der Waals surface area contributed by atoms with E-state index in [4.69, 9.17) is 11.6 Å². The third kappa shape index (κ3) is 2.54. The van der Waals surface area contributed by atoms with Gasteiger partial charge in [0, 0.05) is 16.8 Å². The van der Waals surface area contributed by atoms with Gasteiger partial charge in [-0.3, -0.25) is 9.36 Å². The average molecular weight is 334 g/mol. The first kappa shape index (κ1) is 13.0. The van der Waals surface area contributed by atoms with Crippen LogP contribution in [0.2, 0.25) is 5.02 Å². The molecule has 1 aromatic heterocycles. The summed E-state index contributed by atoms with van der Waals surface area (Å²) in [6.45, 7) is -0.156. The van der Waals surface area contributed by atoms with Gasteiger partial charge in [-0.1, -0.05) is 17.7 Å². The molecule has 18 heavy (non-hydrogen) atoms. The fourth-order valence-corrected chi connectivity index (χ4v) is 1.94.